The molecule has 2 amide bonds. The second kappa shape index (κ2) is 5.96. The van der Waals surface area contributed by atoms with Crippen molar-refractivity contribution < 1.29 is 4.79 Å². The molecule has 0 aliphatic heterocycles. The Morgan fingerprint density at radius 2 is 1.77 bits per heavy atom. The first-order chi connectivity index (χ1) is 10.8. The van der Waals surface area contributed by atoms with Crippen molar-refractivity contribution in [1.29, 1.82) is 5.53 Å². The number of fused-ring (bicyclic) bond motifs is 1. The first-order valence-corrected chi connectivity index (χ1v) is 6.52. The summed E-state index contributed by atoms with van der Waals surface area (Å²) in [4.78, 5) is 19.8. The van der Waals surface area contributed by atoms with Crippen molar-refractivity contribution in [2.75, 3.05) is 5.43 Å². The van der Waals surface area contributed by atoms with E-state index in [-0.39, 0.29) is 0 Å². The molecule has 0 aliphatic carbocycles. The fourth-order valence-electron chi connectivity index (χ4n) is 1.97. The number of nitrogens with one attached hydrogen (secondary N) is 3. The van der Waals surface area contributed by atoms with E-state index in [4.69, 9.17) is 5.53 Å². The molecule has 0 saturated carbocycles. The SMILES string of the molecule is N=NC(=O)NNc1ccc(-c2cnc3ccccc3n2)cc1. The number of rotatable bonds is 3. The molecule has 1 aromatic heterocycles. The summed E-state index contributed by atoms with van der Waals surface area (Å²) in [5.74, 6) is 0. The van der Waals surface area contributed by atoms with Crippen LogP contribution in [0, 0.1) is 5.53 Å². The lowest BCUT2D eigenvalue weighted by Crippen LogP contribution is -2.25. The van der Waals surface area contributed by atoms with Crippen LogP contribution in [0.4, 0.5) is 10.5 Å². The molecule has 3 N–H and O–H groups in total. The van der Waals surface area contributed by atoms with Gasteiger partial charge in [-0.25, -0.2) is 15.2 Å². The molecule has 0 bridgehead atoms. The van der Waals surface area contributed by atoms with Crippen molar-refractivity contribution in [2.45, 2.75) is 0 Å². The van der Waals surface area contributed by atoms with Gasteiger partial charge in [-0.05, 0) is 24.3 Å². The predicted molar refractivity (Wildman–Crippen MR) is 82.3 cm³/mol. The highest BCUT2D eigenvalue weighted by molar-refractivity contribution is 5.77. The third-order valence-corrected chi connectivity index (χ3v) is 3.04. The minimum Gasteiger partial charge on any atom is -0.297 e. The molecule has 2 aromatic carbocycles. The Morgan fingerprint density at radius 1 is 1.05 bits per heavy atom. The van der Waals surface area contributed by atoms with Gasteiger partial charge in [0.1, 0.15) is 0 Å². The second-order valence-electron chi connectivity index (χ2n) is 4.49. The zero-order chi connectivity index (χ0) is 15.4. The van der Waals surface area contributed by atoms with Gasteiger partial charge in [0.15, 0.2) is 0 Å². The molecule has 3 rings (SSSR count). The highest BCUT2D eigenvalue weighted by atomic mass is 16.2. The Kier molecular flexibility index (Phi) is 3.69. The van der Waals surface area contributed by atoms with Crippen molar-refractivity contribution in [3.63, 3.8) is 0 Å². The first-order valence-electron chi connectivity index (χ1n) is 6.52. The van der Waals surface area contributed by atoms with Crippen LogP contribution in [-0.4, -0.2) is 16.0 Å². The van der Waals surface area contributed by atoms with E-state index in [0.29, 0.717) is 5.69 Å². The maximum Gasteiger partial charge on any atom is 0.377 e. The number of aromatic nitrogens is 2. The van der Waals surface area contributed by atoms with Gasteiger partial charge in [-0.2, -0.15) is 5.53 Å². The maximum absolute atomic E-state index is 10.9. The molecule has 0 fully saturated rings. The molecule has 3 aromatic rings. The van der Waals surface area contributed by atoms with Crippen LogP contribution < -0.4 is 10.9 Å². The Morgan fingerprint density at radius 3 is 2.50 bits per heavy atom. The van der Waals surface area contributed by atoms with Gasteiger partial charge in [-0.1, -0.05) is 29.4 Å². The van der Waals surface area contributed by atoms with E-state index in [0.717, 1.165) is 22.3 Å². The monoisotopic (exact) mass is 292 g/mol. The molecule has 0 spiro atoms. The van der Waals surface area contributed by atoms with Crippen LogP contribution in [0.1, 0.15) is 0 Å². The molecule has 7 heteroatoms. The molecule has 7 nitrogen and oxygen atoms in total. The van der Waals surface area contributed by atoms with Crippen LogP contribution in [0.3, 0.4) is 0 Å². The number of benzene rings is 2. The van der Waals surface area contributed by atoms with Crippen LogP contribution in [0.2, 0.25) is 0 Å². The van der Waals surface area contributed by atoms with Gasteiger partial charge < -0.3 is 0 Å². The van der Waals surface area contributed by atoms with E-state index in [1.54, 1.807) is 18.3 Å². The topological polar surface area (TPSA) is 103 Å². The fraction of sp³-hybridized carbons (Fsp3) is 0. The van der Waals surface area contributed by atoms with Crippen LogP contribution >= 0.6 is 0 Å². The van der Waals surface area contributed by atoms with Gasteiger partial charge in [-0.15, -0.1) is 0 Å². The Hall–Kier alpha value is -3.35. The van der Waals surface area contributed by atoms with Gasteiger partial charge in [0, 0.05) is 5.56 Å². The number of hydrogen-bond acceptors (Lipinski definition) is 5. The number of hydrazine groups is 1. The molecule has 0 aliphatic rings. The van der Waals surface area contributed by atoms with Gasteiger partial charge in [0.2, 0.25) is 0 Å². The van der Waals surface area contributed by atoms with E-state index in [1.807, 2.05) is 36.4 Å². The number of amides is 2. The molecule has 1 heterocycles. The summed E-state index contributed by atoms with van der Waals surface area (Å²) < 4.78 is 0. The summed E-state index contributed by atoms with van der Waals surface area (Å²) >= 11 is 0. The minimum atomic E-state index is -0.760. The summed E-state index contributed by atoms with van der Waals surface area (Å²) in [5.41, 5.74) is 15.5. The predicted octanol–water partition coefficient (Wildman–Crippen LogP) is 3.36. The molecule has 108 valence electrons. The molecule has 0 unspecified atom stereocenters. The van der Waals surface area contributed by atoms with Crippen molar-refractivity contribution >= 4 is 22.8 Å². The largest absolute Gasteiger partial charge is 0.377 e. The lowest BCUT2D eigenvalue weighted by Gasteiger charge is -2.07. The zero-order valence-electron chi connectivity index (χ0n) is 11.4. The van der Waals surface area contributed by atoms with Crippen molar-refractivity contribution in [1.82, 2.24) is 15.4 Å². The van der Waals surface area contributed by atoms with Crippen LogP contribution in [-0.2, 0) is 0 Å². The maximum atomic E-state index is 10.9. The third kappa shape index (κ3) is 2.88. The quantitative estimate of drug-likeness (QED) is 0.508. The number of urea groups is 1. The summed E-state index contributed by atoms with van der Waals surface area (Å²) in [6.45, 7) is 0. The van der Waals surface area contributed by atoms with Gasteiger partial charge in [0.25, 0.3) is 0 Å². The summed E-state index contributed by atoms with van der Waals surface area (Å²) in [5, 5.41) is 2.72. The smallest absolute Gasteiger partial charge is 0.297 e. The average molecular weight is 292 g/mol. The normalized spacial score (nSPS) is 10.2. The van der Waals surface area contributed by atoms with Gasteiger partial charge in [-0.3, -0.25) is 10.4 Å². The number of nitrogens with zero attached hydrogens (tertiary/aromatic N) is 3. The van der Waals surface area contributed by atoms with E-state index in [9.17, 15) is 4.79 Å². The first kappa shape index (κ1) is 13.6. The summed E-state index contributed by atoms with van der Waals surface area (Å²) in [7, 11) is 0. The molecular weight excluding hydrogens is 280 g/mol. The summed E-state index contributed by atoms with van der Waals surface area (Å²) in [6, 6.07) is 14.2. The van der Waals surface area contributed by atoms with Crippen LogP contribution in [0.25, 0.3) is 22.3 Å². The van der Waals surface area contributed by atoms with Crippen molar-refractivity contribution in [3.05, 3.63) is 54.7 Å². The Bertz CT molecular complexity index is 831. The molecule has 0 atom stereocenters. The number of para-hydroxylation sites is 2. The van der Waals surface area contributed by atoms with Gasteiger partial charge in [0.05, 0.1) is 28.6 Å². The second-order valence-corrected chi connectivity index (χ2v) is 4.49. The number of anilines is 1. The number of carbonyl (C=O) groups is 1. The molecular formula is C15H12N6O. The standard InChI is InChI=1S/C15H12N6O/c16-19-15(22)21-20-11-7-5-10(6-8-11)14-9-17-12-3-1-2-4-13(12)18-14/h1-9,16,20H,(H,21,22). The average Bonchev–Trinajstić information content (AvgIpc) is 2.59. The number of hydrogen-bond donors (Lipinski definition) is 3. The van der Waals surface area contributed by atoms with E-state index >= 15 is 0 Å². The highest BCUT2D eigenvalue weighted by Crippen LogP contribution is 2.20. The lowest BCUT2D eigenvalue weighted by atomic mass is 10.1. The van der Waals surface area contributed by atoms with E-state index < -0.39 is 6.03 Å². The van der Waals surface area contributed by atoms with Crippen molar-refractivity contribution in [2.24, 2.45) is 5.11 Å². The minimum absolute atomic E-state index is 0.675. The van der Waals surface area contributed by atoms with Crippen LogP contribution in [0.5, 0.6) is 0 Å². The Balaban J connectivity index is 1.81. The molecule has 22 heavy (non-hydrogen) atoms. The summed E-state index contributed by atoms with van der Waals surface area (Å²) in [6.07, 6.45) is 1.73. The van der Waals surface area contributed by atoms with Crippen molar-refractivity contribution in [3.8, 4) is 11.3 Å². The zero-order valence-corrected chi connectivity index (χ0v) is 11.4. The Labute approximate surface area is 125 Å². The van der Waals surface area contributed by atoms with E-state index in [1.165, 1.54) is 0 Å². The fourth-order valence-corrected chi connectivity index (χ4v) is 1.97. The third-order valence-electron chi connectivity index (χ3n) is 3.04. The highest BCUT2D eigenvalue weighted by Gasteiger charge is 2.03. The van der Waals surface area contributed by atoms with Crippen LogP contribution in [0.15, 0.2) is 59.8 Å². The lowest BCUT2D eigenvalue weighted by molar-refractivity contribution is 0.249. The molecule has 0 saturated heterocycles. The molecule has 0 radical (unpaired) electrons. The van der Waals surface area contributed by atoms with Gasteiger partial charge >= 0.3 is 6.03 Å². The van der Waals surface area contributed by atoms with E-state index in [2.05, 4.69) is 25.9 Å². The number of carbonyl (C=O) groups excluding carboxylic acids is 1.